The molecular weight excluding hydrogens is 427 g/mol. The molecule has 0 saturated carbocycles. The molecule has 0 fully saturated rings. The lowest BCUT2D eigenvalue weighted by molar-refractivity contribution is -0.124. The Hall–Kier alpha value is -3.78. The zero-order valence-corrected chi connectivity index (χ0v) is 17.6. The number of thioether (sulfide) groups is 1. The summed E-state index contributed by atoms with van der Waals surface area (Å²) < 4.78 is 13.8. The number of benzene rings is 3. The second-order valence-electron chi connectivity index (χ2n) is 7.17. The van der Waals surface area contributed by atoms with Crippen molar-refractivity contribution in [3.63, 3.8) is 0 Å². The minimum atomic E-state index is -0.671. The number of hydrogen-bond donors (Lipinski definition) is 1. The van der Waals surface area contributed by atoms with Crippen LogP contribution >= 0.6 is 11.8 Å². The van der Waals surface area contributed by atoms with E-state index in [9.17, 15) is 14.0 Å². The van der Waals surface area contributed by atoms with E-state index >= 15 is 0 Å². The Labute approximate surface area is 187 Å². The molecule has 0 saturated heterocycles. The first-order valence-electron chi connectivity index (χ1n) is 9.94. The zero-order chi connectivity index (χ0) is 22.1. The fourth-order valence-corrected chi connectivity index (χ4v) is 4.38. The van der Waals surface area contributed by atoms with Crippen LogP contribution in [-0.4, -0.2) is 33.5 Å². The monoisotopic (exact) mass is 444 g/mol. The van der Waals surface area contributed by atoms with Gasteiger partial charge in [-0.25, -0.2) is 19.3 Å². The van der Waals surface area contributed by atoms with Gasteiger partial charge in [-0.15, -0.1) is 0 Å². The molecule has 1 atom stereocenters. The number of anilines is 1. The van der Waals surface area contributed by atoms with E-state index in [4.69, 9.17) is 4.99 Å². The van der Waals surface area contributed by atoms with Crippen LogP contribution in [0.25, 0.3) is 0 Å². The van der Waals surface area contributed by atoms with Crippen LogP contribution in [-0.2, 0) is 9.59 Å². The number of aliphatic imine (C=N–C) groups is 2. The molecule has 0 spiro atoms. The average Bonchev–Trinajstić information content (AvgIpc) is 3.17. The lowest BCUT2D eigenvalue weighted by Gasteiger charge is -2.25. The molecule has 0 radical (unpaired) electrons. The van der Waals surface area contributed by atoms with E-state index in [1.54, 1.807) is 12.1 Å². The van der Waals surface area contributed by atoms with Gasteiger partial charge in [-0.2, -0.15) is 0 Å². The average molecular weight is 444 g/mol. The predicted octanol–water partition coefficient (Wildman–Crippen LogP) is 4.53. The second kappa shape index (κ2) is 8.39. The van der Waals surface area contributed by atoms with Crippen molar-refractivity contribution in [1.82, 2.24) is 4.90 Å². The highest BCUT2D eigenvalue weighted by Crippen LogP contribution is 2.37. The number of carbonyl (C=O) groups excluding carboxylic acids is 2. The Balaban J connectivity index is 1.41. The van der Waals surface area contributed by atoms with Gasteiger partial charge in [0.25, 0.3) is 5.91 Å². The van der Waals surface area contributed by atoms with Crippen LogP contribution in [0.3, 0.4) is 0 Å². The molecule has 32 heavy (non-hydrogen) atoms. The summed E-state index contributed by atoms with van der Waals surface area (Å²) in [6.07, 6.45) is 0. The highest BCUT2D eigenvalue weighted by Gasteiger charge is 2.42. The van der Waals surface area contributed by atoms with Crippen LogP contribution < -0.4 is 5.32 Å². The fraction of sp³-hybridized carbons (Fsp3) is 0.0833. The van der Waals surface area contributed by atoms with Crippen molar-refractivity contribution < 1.29 is 14.0 Å². The van der Waals surface area contributed by atoms with Crippen LogP contribution in [0.2, 0.25) is 0 Å². The van der Waals surface area contributed by atoms with Crippen LogP contribution in [0.1, 0.15) is 17.2 Å². The lowest BCUT2D eigenvalue weighted by atomic mass is 10.1. The molecule has 2 amide bonds. The summed E-state index contributed by atoms with van der Waals surface area (Å²) in [4.78, 5) is 36.5. The molecule has 3 aromatic carbocycles. The van der Waals surface area contributed by atoms with Gasteiger partial charge in [0, 0.05) is 5.56 Å². The maximum atomic E-state index is 13.8. The molecule has 0 aromatic heterocycles. The number of hydrogen-bond acceptors (Lipinski definition) is 5. The SMILES string of the molecule is O=C(CSC1=Nc2ccccc2C2=N[C@@H](c3ccccc3)C(=O)N12)Nc1ccccc1F. The van der Waals surface area contributed by atoms with Gasteiger partial charge in [0.15, 0.2) is 11.2 Å². The lowest BCUT2D eigenvalue weighted by Crippen LogP contribution is -2.40. The number of amidine groups is 2. The molecule has 3 aromatic rings. The molecule has 2 heterocycles. The van der Waals surface area contributed by atoms with Crippen molar-refractivity contribution >= 4 is 46.0 Å². The van der Waals surface area contributed by atoms with Crippen molar-refractivity contribution in [2.75, 3.05) is 11.1 Å². The highest BCUT2D eigenvalue weighted by atomic mass is 32.2. The minimum absolute atomic E-state index is 0.0393. The molecule has 5 rings (SSSR count). The molecular formula is C24H17FN4O2S. The van der Waals surface area contributed by atoms with E-state index < -0.39 is 17.8 Å². The van der Waals surface area contributed by atoms with Gasteiger partial charge >= 0.3 is 0 Å². The number of halogens is 1. The Morgan fingerprint density at radius 3 is 2.53 bits per heavy atom. The molecule has 2 aliphatic heterocycles. The smallest absolute Gasteiger partial charge is 0.263 e. The number of nitrogens with zero attached hydrogens (tertiary/aromatic N) is 3. The van der Waals surface area contributed by atoms with Crippen LogP contribution in [0.4, 0.5) is 15.8 Å². The molecule has 6 nitrogen and oxygen atoms in total. The van der Waals surface area contributed by atoms with Gasteiger partial charge < -0.3 is 5.32 Å². The summed E-state index contributed by atoms with van der Waals surface area (Å²) in [6.45, 7) is 0. The first kappa shape index (κ1) is 20.1. The van der Waals surface area contributed by atoms with Gasteiger partial charge in [-0.3, -0.25) is 9.59 Å². The Bertz CT molecular complexity index is 1280. The zero-order valence-electron chi connectivity index (χ0n) is 16.7. The summed E-state index contributed by atoms with van der Waals surface area (Å²) in [6, 6.07) is 22.1. The first-order chi connectivity index (χ1) is 15.6. The molecule has 0 unspecified atom stereocenters. The Kier molecular flexibility index (Phi) is 5.28. The topological polar surface area (TPSA) is 74.1 Å². The van der Waals surface area contributed by atoms with Crippen LogP contribution in [0.15, 0.2) is 88.8 Å². The molecule has 158 valence electrons. The van der Waals surface area contributed by atoms with E-state index in [0.717, 1.165) is 22.9 Å². The third-order valence-corrected chi connectivity index (χ3v) is 6.00. The third kappa shape index (κ3) is 3.69. The summed E-state index contributed by atoms with van der Waals surface area (Å²) in [7, 11) is 0. The van der Waals surface area contributed by atoms with Crippen LogP contribution in [0, 0.1) is 5.82 Å². The largest absolute Gasteiger partial charge is 0.323 e. The first-order valence-corrected chi connectivity index (χ1v) is 10.9. The number of para-hydroxylation sites is 2. The molecule has 8 heteroatoms. The Morgan fingerprint density at radius 2 is 1.72 bits per heavy atom. The maximum Gasteiger partial charge on any atom is 0.263 e. The number of amides is 2. The Morgan fingerprint density at radius 1 is 1.00 bits per heavy atom. The van der Waals surface area contributed by atoms with Crippen molar-refractivity contribution in [1.29, 1.82) is 0 Å². The summed E-state index contributed by atoms with van der Waals surface area (Å²) in [5, 5.41) is 2.92. The molecule has 1 N–H and O–H groups in total. The summed E-state index contributed by atoms with van der Waals surface area (Å²) in [5.41, 5.74) is 2.34. The van der Waals surface area contributed by atoms with Gasteiger partial charge in [-0.05, 0) is 29.8 Å². The molecule has 2 aliphatic rings. The molecule has 0 bridgehead atoms. The third-order valence-electron chi connectivity index (χ3n) is 5.07. The highest BCUT2D eigenvalue weighted by molar-refractivity contribution is 8.14. The molecule has 0 aliphatic carbocycles. The number of nitrogens with one attached hydrogen (secondary N) is 1. The van der Waals surface area contributed by atoms with Gasteiger partial charge in [0.1, 0.15) is 11.7 Å². The summed E-state index contributed by atoms with van der Waals surface area (Å²) in [5.74, 6) is -0.647. The minimum Gasteiger partial charge on any atom is -0.323 e. The standard InChI is InChI=1S/C24H17FN4O2S/c25-17-11-5-7-13-19(17)26-20(30)14-32-24-27-18-12-6-4-10-16(18)22-28-21(23(31)29(22)24)15-8-2-1-3-9-15/h1-13,21H,14H2,(H,26,30)/t21-/m0/s1. The van der Waals surface area contributed by atoms with Crippen molar-refractivity contribution in [3.8, 4) is 0 Å². The summed E-state index contributed by atoms with van der Waals surface area (Å²) >= 11 is 1.11. The van der Waals surface area contributed by atoms with E-state index in [2.05, 4.69) is 10.3 Å². The number of fused-ring (bicyclic) bond motifs is 3. The van der Waals surface area contributed by atoms with Gasteiger partial charge in [0.2, 0.25) is 5.91 Å². The predicted molar refractivity (Wildman–Crippen MR) is 124 cm³/mol. The van der Waals surface area contributed by atoms with E-state index in [1.165, 1.54) is 17.0 Å². The fourth-order valence-electron chi connectivity index (χ4n) is 3.58. The quantitative estimate of drug-likeness (QED) is 0.643. The number of carbonyl (C=O) groups is 2. The second-order valence-corrected chi connectivity index (χ2v) is 8.11. The maximum absolute atomic E-state index is 13.8. The van der Waals surface area contributed by atoms with Crippen LogP contribution in [0.5, 0.6) is 0 Å². The van der Waals surface area contributed by atoms with Gasteiger partial charge in [0.05, 0.1) is 17.1 Å². The van der Waals surface area contributed by atoms with Crippen molar-refractivity contribution in [2.24, 2.45) is 9.98 Å². The van der Waals surface area contributed by atoms with Crippen molar-refractivity contribution in [3.05, 3.63) is 95.8 Å². The van der Waals surface area contributed by atoms with E-state index in [1.807, 2.05) is 54.6 Å². The number of rotatable bonds is 4. The normalized spacial score (nSPS) is 16.7. The van der Waals surface area contributed by atoms with E-state index in [0.29, 0.717) is 16.7 Å². The van der Waals surface area contributed by atoms with E-state index in [-0.39, 0.29) is 17.3 Å². The van der Waals surface area contributed by atoms with Gasteiger partial charge in [-0.1, -0.05) is 66.4 Å². The van der Waals surface area contributed by atoms with Crippen molar-refractivity contribution in [2.45, 2.75) is 6.04 Å².